The highest BCUT2D eigenvalue weighted by Gasteiger charge is 2.44. The number of halogens is 1. The minimum absolute atomic E-state index is 0.146. The van der Waals surface area contributed by atoms with Crippen LogP contribution in [0.1, 0.15) is 18.4 Å². The van der Waals surface area contributed by atoms with Crippen LogP contribution >= 0.6 is 0 Å². The molecule has 0 bridgehead atoms. The predicted octanol–water partition coefficient (Wildman–Crippen LogP) is 1.44. The maximum absolute atomic E-state index is 13.5. The van der Waals surface area contributed by atoms with Crippen molar-refractivity contribution in [2.75, 3.05) is 13.1 Å². The first-order valence-electron chi connectivity index (χ1n) is 6.37. The number of carboxylic acids is 1. The van der Waals surface area contributed by atoms with Crippen molar-refractivity contribution in [1.82, 2.24) is 4.90 Å². The lowest BCUT2D eigenvalue weighted by molar-refractivity contribution is -0.158. The fourth-order valence-corrected chi connectivity index (χ4v) is 2.42. The second-order valence-electron chi connectivity index (χ2n) is 5.07. The number of carboxylic acid groups (broad SMARTS) is 1. The van der Waals surface area contributed by atoms with Gasteiger partial charge in [-0.25, -0.2) is 9.18 Å². The van der Waals surface area contributed by atoms with Gasteiger partial charge < -0.3 is 10.2 Å². The summed E-state index contributed by atoms with van der Waals surface area (Å²) in [5.41, 5.74) is -0.568. The first-order valence-corrected chi connectivity index (χ1v) is 6.37. The molecular weight excluding hydrogens is 249 g/mol. The Bertz CT molecular complexity index is 430. The zero-order valence-corrected chi connectivity index (χ0v) is 10.6. The number of rotatable bonds is 4. The first kappa shape index (κ1) is 14.0. The van der Waals surface area contributed by atoms with Gasteiger partial charge in [0.25, 0.3) is 0 Å². The lowest BCUT2D eigenvalue weighted by Crippen LogP contribution is -2.52. The number of aliphatic hydroxyl groups is 1. The van der Waals surface area contributed by atoms with E-state index in [9.17, 15) is 14.3 Å². The number of nitrogens with zero attached hydrogens (tertiary/aromatic N) is 1. The van der Waals surface area contributed by atoms with E-state index in [0.717, 1.165) is 12.1 Å². The minimum atomic E-state index is -2.20. The molecule has 0 amide bonds. The average molecular weight is 267 g/mol. The zero-order valence-electron chi connectivity index (χ0n) is 10.6. The Hall–Kier alpha value is -1.46. The van der Waals surface area contributed by atoms with Crippen LogP contribution in [0, 0.1) is 0 Å². The number of likely N-dealkylation sites (tertiary alicyclic amines) is 1. The second kappa shape index (κ2) is 5.67. The molecule has 5 heteroatoms. The second-order valence-corrected chi connectivity index (χ2v) is 5.07. The molecule has 1 heterocycles. The molecule has 1 fully saturated rings. The van der Waals surface area contributed by atoms with Crippen LogP contribution in [0.3, 0.4) is 0 Å². The molecule has 1 aliphatic heterocycles. The summed E-state index contributed by atoms with van der Waals surface area (Å²) in [7, 11) is 0. The number of piperidine rings is 1. The topological polar surface area (TPSA) is 60.8 Å². The number of hydrogen-bond acceptors (Lipinski definition) is 3. The van der Waals surface area contributed by atoms with E-state index in [1.165, 1.54) is 0 Å². The smallest absolute Gasteiger partial charge is 0.341 e. The van der Waals surface area contributed by atoms with Crippen molar-refractivity contribution in [2.45, 2.75) is 31.2 Å². The van der Waals surface area contributed by atoms with E-state index in [1.807, 2.05) is 30.3 Å². The highest BCUT2D eigenvalue weighted by molar-refractivity contribution is 5.73. The van der Waals surface area contributed by atoms with Crippen molar-refractivity contribution in [3.63, 3.8) is 0 Å². The van der Waals surface area contributed by atoms with E-state index in [4.69, 9.17) is 5.11 Å². The molecular formula is C14H18FNO3. The summed E-state index contributed by atoms with van der Waals surface area (Å²) in [6.45, 7) is 1.74. The van der Waals surface area contributed by atoms with Crippen LogP contribution in [-0.4, -0.2) is 45.9 Å². The molecule has 4 nitrogen and oxygen atoms in total. The number of hydrogen-bond donors (Lipinski definition) is 2. The van der Waals surface area contributed by atoms with Gasteiger partial charge in [-0.1, -0.05) is 30.3 Å². The Morgan fingerprint density at radius 1 is 1.32 bits per heavy atom. The van der Waals surface area contributed by atoms with E-state index in [1.54, 1.807) is 0 Å². The fraction of sp³-hybridized carbons (Fsp3) is 0.500. The summed E-state index contributed by atoms with van der Waals surface area (Å²) in [5.74, 6) is -1.58. The summed E-state index contributed by atoms with van der Waals surface area (Å²) in [5, 5.41) is 18.7. The van der Waals surface area contributed by atoms with Crippen molar-refractivity contribution >= 4 is 5.97 Å². The summed E-state index contributed by atoms with van der Waals surface area (Å²) in [6.07, 6.45) is -1.91. The predicted molar refractivity (Wildman–Crippen MR) is 68.4 cm³/mol. The molecule has 19 heavy (non-hydrogen) atoms. The third-order valence-electron chi connectivity index (χ3n) is 3.66. The third kappa shape index (κ3) is 3.30. The highest BCUT2D eigenvalue weighted by Crippen LogP contribution is 2.28. The van der Waals surface area contributed by atoms with Gasteiger partial charge in [0.05, 0.1) is 0 Å². The molecule has 0 saturated carbocycles. The highest BCUT2D eigenvalue weighted by atomic mass is 19.1. The van der Waals surface area contributed by atoms with E-state index in [2.05, 4.69) is 4.90 Å². The zero-order chi connectivity index (χ0) is 13.9. The summed E-state index contributed by atoms with van der Waals surface area (Å²) < 4.78 is 13.5. The summed E-state index contributed by atoms with van der Waals surface area (Å²) >= 11 is 0. The lowest BCUT2D eigenvalue weighted by atomic mass is 9.86. The van der Waals surface area contributed by atoms with Crippen LogP contribution in [0.5, 0.6) is 0 Å². The van der Waals surface area contributed by atoms with Crippen LogP contribution in [0.2, 0.25) is 0 Å². The normalized spacial score (nSPS) is 20.9. The summed E-state index contributed by atoms with van der Waals surface area (Å²) in [6, 6.07) is 9.88. The van der Waals surface area contributed by atoms with Gasteiger partial charge >= 0.3 is 5.97 Å². The Morgan fingerprint density at radius 3 is 2.42 bits per heavy atom. The quantitative estimate of drug-likeness (QED) is 0.866. The van der Waals surface area contributed by atoms with Crippen molar-refractivity contribution in [3.8, 4) is 0 Å². The van der Waals surface area contributed by atoms with Crippen LogP contribution in [-0.2, 0) is 11.3 Å². The van der Waals surface area contributed by atoms with Gasteiger partial charge in [-0.2, -0.15) is 0 Å². The first-order chi connectivity index (χ1) is 9.01. The molecule has 0 spiro atoms. The van der Waals surface area contributed by atoms with Gasteiger partial charge in [0, 0.05) is 19.6 Å². The standard InChI is InChI=1S/C14H18FNO3/c15-12(13(17)18)14(19)6-8-16(9-7-14)10-11-4-2-1-3-5-11/h1-5,12,19H,6-10H2,(H,17,18). The largest absolute Gasteiger partial charge is 0.479 e. The van der Waals surface area contributed by atoms with Crippen molar-refractivity contribution < 1.29 is 19.4 Å². The molecule has 1 unspecified atom stereocenters. The Morgan fingerprint density at radius 2 is 1.89 bits per heavy atom. The molecule has 0 aromatic heterocycles. The SMILES string of the molecule is O=C(O)C(F)C1(O)CCN(Cc2ccccc2)CC1. The fourth-order valence-electron chi connectivity index (χ4n) is 2.42. The van der Waals surface area contributed by atoms with Gasteiger partial charge in [0.15, 0.2) is 0 Å². The van der Waals surface area contributed by atoms with Crippen LogP contribution in [0.25, 0.3) is 0 Å². The Balaban J connectivity index is 1.90. The molecule has 1 aliphatic rings. The van der Waals surface area contributed by atoms with E-state index in [0.29, 0.717) is 13.1 Å². The number of alkyl halides is 1. The van der Waals surface area contributed by atoms with Crippen molar-refractivity contribution in [2.24, 2.45) is 0 Å². The molecule has 1 saturated heterocycles. The molecule has 0 radical (unpaired) electrons. The van der Waals surface area contributed by atoms with Gasteiger partial charge in [-0.05, 0) is 18.4 Å². The van der Waals surface area contributed by atoms with E-state index >= 15 is 0 Å². The maximum atomic E-state index is 13.5. The van der Waals surface area contributed by atoms with Crippen LogP contribution in [0.15, 0.2) is 30.3 Å². The van der Waals surface area contributed by atoms with Crippen LogP contribution in [0.4, 0.5) is 4.39 Å². The molecule has 1 aromatic rings. The third-order valence-corrected chi connectivity index (χ3v) is 3.66. The molecule has 104 valence electrons. The van der Waals surface area contributed by atoms with Gasteiger partial charge in [-0.3, -0.25) is 4.90 Å². The number of aliphatic carboxylic acids is 1. The summed E-state index contributed by atoms with van der Waals surface area (Å²) in [4.78, 5) is 12.7. The van der Waals surface area contributed by atoms with Crippen molar-refractivity contribution in [3.05, 3.63) is 35.9 Å². The van der Waals surface area contributed by atoms with Gasteiger partial charge in [0.1, 0.15) is 5.60 Å². The van der Waals surface area contributed by atoms with Gasteiger partial charge in [-0.15, -0.1) is 0 Å². The molecule has 2 N–H and O–H groups in total. The van der Waals surface area contributed by atoms with E-state index in [-0.39, 0.29) is 12.8 Å². The minimum Gasteiger partial charge on any atom is -0.479 e. The average Bonchev–Trinajstić information content (AvgIpc) is 2.42. The molecule has 2 rings (SSSR count). The van der Waals surface area contributed by atoms with Crippen LogP contribution < -0.4 is 0 Å². The monoisotopic (exact) mass is 267 g/mol. The molecule has 1 aromatic carbocycles. The number of carbonyl (C=O) groups is 1. The van der Waals surface area contributed by atoms with Crippen molar-refractivity contribution in [1.29, 1.82) is 0 Å². The van der Waals surface area contributed by atoms with Gasteiger partial charge in [0.2, 0.25) is 6.17 Å². The maximum Gasteiger partial charge on any atom is 0.341 e. The molecule has 1 atom stereocenters. The van der Waals surface area contributed by atoms with E-state index < -0.39 is 17.7 Å². The molecule has 0 aliphatic carbocycles. The number of benzene rings is 1. The lowest BCUT2D eigenvalue weighted by Gasteiger charge is -2.38. The Kier molecular flexibility index (Phi) is 4.17. The Labute approximate surface area is 111 Å².